The number of nitrogens with one attached hydrogen (secondary N) is 2. The first-order chi connectivity index (χ1) is 19.5. The summed E-state index contributed by atoms with van der Waals surface area (Å²) in [4.78, 5) is 33.5. The Labute approximate surface area is 239 Å². The van der Waals surface area contributed by atoms with Crippen LogP contribution in [0, 0.1) is 0 Å². The monoisotopic (exact) mass is 556 g/mol. The molecule has 9 heteroatoms. The van der Waals surface area contributed by atoms with E-state index in [1.165, 1.54) is 54.4 Å². The van der Waals surface area contributed by atoms with Gasteiger partial charge in [0, 0.05) is 36.8 Å². The van der Waals surface area contributed by atoms with E-state index in [1.54, 1.807) is 6.07 Å². The zero-order chi connectivity index (χ0) is 27.9. The summed E-state index contributed by atoms with van der Waals surface area (Å²) in [7, 11) is 0. The second-order valence-electron chi connectivity index (χ2n) is 10.4. The van der Waals surface area contributed by atoms with Gasteiger partial charge in [-0.2, -0.15) is 5.10 Å². The van der Waals surface area contributed by atoms with E-state index < -0.39 is 0 Å². The molecular weight excluding hydrogens is 520 g/mol. The SMILES string of the molecule is CC(C)n1nc(-c2sc(NC(=O)c3ccc(CNCCN4CCCCC4)cc3)nc2-c2ccccc2)ccc1=O. The predicted octanol–water partition coefficient (Wildman–Crippen LogP) is 5.44. The summed E-state index contributed by atoms with van der Waals surface area (Å²) in [6.07, 6.45) is 3.97. The molecule has 208 valence electrons. The van der Waals surface area contributed by atoms with Crippen molar-refractivity contribution in [3.63, 3.8) is 0 Å². The molecule has 2 aromatic heterocycles. The van der Waals surface area contributed by atoms with Crippen molar-refractivity contribution in [1.82, 2.24) is 25.0 Å². The van der Waals surface area contributed by atoms with E-state index >= 15 is 0 Å². The van der Waals surface area contributed by atoms with Crippen LogP contribution in [0.25, 0.3) is 21.8 Å². The molecule has 1 fully saturated rings. The molecular formula is C31H36N6O2S. The van der Waals surface area contributed by atoms with Crippen molar-refractivity contribution in [2.45, 2.75) is 45.7 Å². The van der Waals surface area contributed by atoms with Crippen LogP contribution in [0.4, 0.5) is 5.13 Å². The van der Waals surface area contributed by atoms with Crippen LogP contribution < -0.4 is 16.2 Å². The summed E-state index contributed by atoms with van der Waals surface area (Å²) in [5, 5.41) is 11.6. The molecule has 2 aromatic carbocycles. The van der Waals surface area contributed by atoms with E-state index in [9.17, 15) is 9.59 Å². The minimum absolute atomic E-state index is 0.0763. The van der Waals surface area contributed by atoms with Crippen LogP contribution in [0.1, 0.15) is 55.1 Å². The summed E-state index contributed by atoms with van der Waals surface area (Å²) < 4.78 is 1.46. The number of thiazole rings is 1. The van der Waals surface area contributed by atoms with Crippen molar-refractivity contribution in [3.05, 3.63) is 88.2 Å². The molecule has 0 radical (unpaired) electrons. The topological polar surface area (TPSA) is 92.2 Å². The van der Waals surface area contributed by atoms with Gasteiger partial charge in [-0.15, -0.1) is 0 Å². The van der Waals surface area contributed by atoms with E-state index in [-0.39, 0.29) is 17.5 Å². The standard InChI is InChI=1S/C31H36N6O2S/c1-22(2)37-27(38)16-15-26(35-37)29-28(24-9-5-3-6-10-24)33-31(40-29)34-30(39)25-13-11-23(12-14-25)21-32-17-20-36-18-7-4-8-19-36/h3,5-6,9-16,22,32H,4,7-8,17-21H2,1-2H3,(H,33,34,39). The fraction of sp³-hybridized carbons (Fsp3) is 0.355. The number of carbonyl (C=O) groups is 1. The van der Waals surface area contributed by atoms with Crippen LogP contribution in [-0.2, 0) is 6.54 Å². The number of benzene rings is 2. The van der Waals surface area contributed by atoms with E-state index in [0.29, 0.717) is 22.1 Å². The number of anilines is 1. The highest BCUT2D eigenvalue weighted by Gasteiger charge is 2.19. The van der Waals surface area contributed by atoms with Gasteiger partial charge in [0.2, 0.25) is 0 Å². The van der Waals surface area contributed by atoms with Gasteiger partial charge in [0.25, 0.3) is 11.5 Å². The summed E-state index contributed by atoms with van der Waals surface area (Å²) in [5.41, 5.74) is 3.83. The zero-order valence-electron chi connectivity index (χ0n) is 23.1. The van der Waals surface area contributed by atoms with Crippen LogP contribution in [0.2, 0.25) is 0 Å². The Balaban J connectivity index is 1.28. The molecule has 5 rings (SSSR count). The van der Waals surface area contributed by atoms with Gasteiger partial charge in [-0.3, -0.25) is 14.9 Å². The normalized spacial score (nSPS) is 14.0. The quantitative estimate of drug-likeness (QED) is 0.253. The van der Waals surface area contributed by atoms with E-state index in [4.69, 9.17) is 4.98 Å². The Bertz CT molecular complexity index is 1470. The van der Waals surface area contributed by atoms with Crippen molar-refractivity contribution >= 4 is 22.4 Å². The second kappa shape index (κ2) is 13.1. The second-order valence-corrected chi connectivity index (χ2v) is 11.4. The highest BCUT2D eigenvalue weighted by atomic mass is 32.1. The Morgan fingerprint density at radius 2 is 1.73 bits per heavy atom. The van der Waals surface area contributed by atoms with E-state index in [1.807, 2.05) is 68.4 Å². The predicted molar refractivity (Wildman–Crippen MR) is 162 cm³/mol. The Morgan fingerprint density at radius 1 is 0.975 bits per heavy atom. The molecule has 0 unspecified atom stereocenters. The lowest BCUT2D eigenvalue weighted by Crippen LogP contribution is -2.35. The maximum Gasteiger partial charge on any atom is 0.267 e. The molecule has 1 amide bonds. The number of rotatable bonds is 10. The zero-order valence-corrected chi connectivity index (χ0v) is 23.9. The molecule has 1 aliphatic rings. The van der Waals surface area contributed by atoms with E-state index in [2.05, 4.69) is 20.6 Å². The average molecular weight is 557 g/mol. The maximum atomic E-state index is 13.1. The Hall–Kier alpha value is -3.66. The lowest BCUT2D eigenvalue weighted by Gasteiger charge is -2.26. The molecule has 8 nitrogen and oxygen atoms in total. The highest BCUT2D eigenvalue weighted by molar-refractivity contribution is 7.19. The molecule has 0 atom stereocenters. The molecule has 3 heterocycles. The lowest BCUT2D eigenvalue weighted by molar-refractivity contribution is 0.102. The smallest absolute Gasteiger partial charge is 0.267 e. The molecule has 1 aliphatic heterocycles. The summed E-state index contributed by atoms with van der Waals surface area (Å²) in [6, 6.07) is 20.6. The number of carbonyl (C=O) groups excluding carboxylic acids is 1. The van der Waals surface area contributed by atoms with Gasteiger partial charge in [-0.05, 0) is 63.5 Å². The molecule has 0 saturated carbocycles. The summed E-state index contributed by atoms with van der Waals surface area (Å²) in [6.45, 7) is 9.07. The first-order valence-corrected chi connectivity index (χ1v) is 14.8. The van der Waals surface area contributed by atoms with E-state index in [0.717, 1.165) is 35.6 Å². The van der Waals surface area contributed by atoms with Crippen LogP contribution in [0.15, 0.2) is 71.5 Å². The summed E-state index contributed by atoms with van der Waals surface area (Å²) >= 11 is 1.35. The molecule has 40 heavy (non-hydrogen) atoms. The third kappa shape index (κ3) is 6.91. The third-order valence-corrected chi connectivity index (χ3v) is 8.03. The van der Waals surface area contributed by atoms with Gasteiger partial charge in [0.1, 0.15) is 5.69 Å². The third-order valence-electron chi connectivity index (χ3n) is 7.04. The number of nitrogens with zero attached hydrogens (tertiary/aromatic N) is 4. The average Bonchev–Trinajstić information content (AvgIpc) is 3.40. The van der Waals surface area contributed by atoms with Crippen molar-refractivity contribution in [1.29, 1.82) is 0 Å². The number of likely N-dealkylation sites (tertiary alicyclic amines) is 1. The number of piperidine rings is 1. The first kappa shape index (κ1) is 27.9. The molecule has 4 aromatic rings. The molecule has 0 spiro atoms. The van der Waals surface area contributed by atoms with Gasteiger partial charge in [-0.25, -0.2) is 9.67 Å². The fourth-order valence-corrected chi connectivity index (χ4v) is 5.80. The van der Waals surface area contributed by atoms with Gasteiger partial charge >= 0.3 is 0 Å². The van der Waals surface area contributed by atoms with Crippen molar-refractivity contribution in [2.24, 2.45) is 0 Å². The van der Waals surface area contributed by atoms with Crippen molar-refractivity contribution < 1.29 is 4.79 Å². The largest absolute Gasteiger partial charge is 0.311 e. The summed E-state index contributed by atoms with van der Waals surface area (Å²) in [5.74, 6) is -0.218. The first-order valence-electron chi connectivity index (χ1n) is 14.0. The Kier molecular flexibility index (Phi) is 9.15. The number of amides is 1. The van der Waals surface area contributed by atoms with Crippen LogP contribution in [-0.4, -0.2) is 51.8 Å². The van der Waals surface area contributed by atoms with Crippen LogP contribution >= 0.6 is 11.3 Å². The molecule has 0 bridgehead atoms. The Morgan fingerprint density at radius 3 is 2.45 bits per heavy atom. The molecule has 0 aliphatic carbocycles. The van der Waals surface area contributed by atoms with Crippen LogP contribution in [0.5, 0.6) is 0 Å². The van der Waals surface area contributed by atoms with Crippen molar-refractivity contribution in [2.75, 3.05) is 31.5 Å². The number of aromatic nitrogens is 3. The minimum atomic E-state index is -0.218. The lowest BCUT2D eigenvalue weighted by atomic mass is 10.1. The van der Waals surface area contributed by atoms with Gasteiger partial charge in [-0.1, -0.05) is 60.2 Å². The van der Waals surface area contributed by atoms with Gasteiger partial charge in [0.05, 0.1) is 16.6 Å². The van der Waals surface area contributed by atoms with Gasteiger partial charge in [0.15, 0.2) is 5.13 Å². The molecule has 2 N–H and O–H groups in total. The highest BCUT2D eigenvalue weighted by Crippen LogP contribution is 2.38. The van der Waals surface area contributed by atoms with Crippen LogP contribution in [0.3, 0.4) is 0 Å². The number of hydrogen-bond donors (Lipinski definition) is 2. The molecule has 1 saturated heterocycles. The maximum absolute atomic E-state index is 13.1. The van der Waals surface area contributed by atoms with Gasteiger partial charge < -0.3 is 10.2 Å². The minimum Gasteiger partial charge on any atom is -0.311 e. The number of hydrogen-bond acceptors (Lipinski definition) is 7. The van der Waals surface area contributed by atoms with Crippen molar-refractivity contribution in [3.8, 4) is 21.8 Å². The fourth-order valence-electron chi connectivity index (χ4n) is 4.85.